The van der Waals surface area contributed by atoms with Crippen molar-refractivity contribution in [2.75, 3.05) is 6.61 Å². The number of hydrogen-bond donors (Lipinski definition) is 0. The Bertz CT molecular complexity index is 306. The number of rotatable bonds is 2. The van der Waals surface area contributed by atoms with Crippen molar-refractivity contribution < 1.29 is 4.74 Å². The highest BCUT2D eigenvalue weighted by atomic mass is 79.9. The molecule has 1 heterocycles. The number of hydrogen-bond acceptors (Lipinski definition) is 1. The van der Waals surface area contributed by atoms with Crippen LogP contribution in [0.5, 0.6) is 0 Å². The van der Waals surface area contributed by atoms with Gasteiger partial charge in [0.25, 0.3) is 0 Å². The van der Waals surface area contributed by atoms with Gasteiger partial charge in [-0.15, -0.1) is 0 Å². The molecule has 0 aliphatic carbocycles. The molecule has 13 heavy (non-hydrogen) atoms. The van der Waals surface area contributed by atoms with Gasteiger partial charge in [-0.1, -0.05) is 28.1 Å². The van der Waals surface area contributed by atoms with Crippen LogP contribution in [0.3, 0.4) is 0 Å². The zero-order valence-corrected chi connectivity index (χ0v) is 9.52. The Morgan fingerprint density at radius 2 is 1.92 bits per heavy atom. The van der Waals surface area contributed by atoms with E-state index in [9.17, 15) is 0 Å². The van der Waals surface area contributed by atoms with Crippen LogP contribution in [0.1, 0.15) is 16.7 Å². The van der Waals surface area contributed by atoms with E-state index in [1.54, 1.807) is 0 Å². The molecule has 0 N–H and O–H groups in total. The molecule has 0 radical (unpaired) electrons. The lowest BCUT2D eigenvalue weighted by molar-refractivity contribution is 0.407. The predicted octanol–water partition coefficient (Wildman–Crippen LogP) is 3.01. The molecule has 0 bridgehead atoms. The summed E-state index contributed by atoms with van der Waals surface area (Å²) in [5.74, 6) is 0. The highest BCUT2D eigenvalue weighted by molar-refractivity contribution is 9.10. The largest absolute Gasteiger partial charge is 0.373 e. The van der Waals surface area contributed by atoms with E-state index in [2.05, 4.69) is 41.9 Å². The maximum absolute atomic E-state index is 5.21. The van der Waals surface area contributed by atoms with Crippen molar-refractivity contribution in [2.24, 2.45) is 0 Å². The van der Waals surface area contributed by atoms with E-state index < -0.39 is 0 Å². The Morgan fingerprint density at radius 1 is 1.38 bits per heavy atom. The third-order valence-electron chi connectivity index (χ3n) is 2.36. The Morgan fingerprint density at radius 3 is 2.38 bits per heavy atom. The van der Waals surface area contributed by atoms with Gasteiger partial charge in [0, 0.05) is 10.9 Å². The SMILES string of the molecule is Cc1cc(CC2CO2)cc(C)c1Br. The zero-order chi connectivity index (χ0) is 9.42. The van der Waals surface area contributed by atoms with Crippen molar-refractivity contribution in [3.63, 3.8) is 0 Å². The van der Waals surface area contributed by atoms with Crippen LogP contribution >= 0.6 is 15.9 Å². The molecular weight excluding hydrogens is 228 g/mol. The summed E-state index contributed by atoms with van der Waals surface area (Å²) in [6.07, 6.45) is 1.55. The van der Waals surface area contributed by atoms with E-state index in [0.717, 1.165) is 13.0 Å². The van der Waals surface area contributed by atoms with Crippen LogP contribution in [0, 0.1) is 13.8 Å². The first kappa shape index (κ1) is 9.22. The lowest BCUT2D eigenvalue weighted by atomic mass is 10.0. The van der Waals surface area contributed by atoms with Gasteiger partial charge in [-0.2, -0.15) is 0 Å². The van der Waals surface area contributed by atoms with E-state index in [4.69, 9.17) is 4.74 Å². The standard InChI is InChI=1S/C11H13BrO/c1-7-3-9(5-10-6-13-10)4-8(2)11(7)12/h3-4,10H,5-6H2,1-2H3. The first-order chi connectivity index (χ1) is 6.16. The molecule has 0 saturated carbocycles. The quantitative estimate of drug-likeness (QED) is 0.725. The molecule has 1 atom stereocenters. The zero-order valence-electron chi connectivity index (χ0n) is 7.93. The fourth-order valence-corrected chi connectivity index (χ4v) is 1.83. The Labute approximate surface area is 87.2 Å². The van der Waals surface area contributed by atoms with E-state index in [-0.39, 0.29) is 0 Å². The van der Waals surface area contributed by atoms with Crippen LogP contribution in [0.25, 0.3) is 0 Å². The van der Waals surface area contributed by atoms with Crippen molar-refractivity contribution >= 4 is 15.9 Å². The van der Waals surface area contributed by atoms with Crippen molar-refractivity contribution in [2.45, 2.75) is 26.4 Å². The average Bonchev–Trinajstić information content (AvgIpc) is 2.84. The molecule has 1 aliphatic rings. The summed E-state index contributed by atoms with van der Waals surface area (Å²) in [6, 6.07) is 4.47. The minimum Gasteiger partial charge on any atom is -0.373 e. The summed E-state index contributed by atoms with van der Waals surface area (Å²) in [5.41, 5.74) is 4.02. The van der Waals surface area contributed by atoms with Crippen molar-refractivity contribution in [3.05, 3.63) is 33.3 Å². The second-order valence-electron chi connectivity index (χ2n) is 3.70. The van der Waals surface area contributed by atoms with Crippen LogP contribution < -0.4 is 0 Å². The summed E-state index contributed by atoms with van der Waals surface area (Å²) in [6.45, 7) is 5.21. The van der Waals surface area contributed by atoms with Crippen LogP contribution in [0.4, 0.5) is 0 Å². The Hall–Kier alpha value is -0.340. The summed E-state index contributed by atoms with van der Waals surface area (Å²) >= 11 is 3.56. The third-order valence-corrected chi connectivity index (χ3v) is 3.61. The van der Waals surface area contributed by atoms with Gasteiger partial charge in [0.15, 0.2) is 0 Å². The average molecular weight is 241 g/mol. The molecular formula is C11H13BrO. The molecule has 1 nitrogen and oxygen atoms in total. The van der Waals surface area contributed by atoms with Gasteiger partial charge in [-0.25, -0.2) is 0 Å². The molecule has 1 aromatic rings. The van der Waals surface area contributed by atoms with E-state index in [1.165, 1.54) is 21.2 Å². The van der Waals surface area contributed by atoms with Gasteiger partial charge in [-0.3, -0.25) is 0 Å². The summed E-state index contributed by atoms with van der Waals surface area (Å²) in [7, 11) is 0. The van der Waals surface area contributed by atoms with E-state index in [1.807, 2.05) is 0 Å². The van der Waals surface area contributed by atoms with Gasteiger partial charge in [0.2, 0.25) is 0 Å². The molecule has 1 fully saturated rings. The summed E-state index contributed by atoms with van der Waals surface area (Å²) in [4.78, 5) is 0. The maximum Gasteiger partial charge on any atom is 0.0850 e. The molecule has 2 rings (SSSR count). The first-order valence-corrected chi connectivity index (χ1v) is 5.33. The number of aryl methyl sites for hydroxylation is 2. The fourth-order valence-electron chi connectivity index (χ4n) is 1.60. The third kappa shape index (κ3) is 2.12. The lowest BCUT2D eigenvalue weighted by Gasteiger charge is -2.06. The Balaban J connectivity index is 2.25. The molecule has 1 aliphatic heterocycles. The van der Waals surface area contributed by atoms with Gasteiger partial charge in [0.1, 0.15) is 0 Å². The van der Waals surface area contributed by atoms with E-state index in [0.29, 0.717) is 6.10 Å². The molecule has 0 spiro atoms. The second kappa shape index (κ2) is 3.43. The van der Waals surface area contributed by atoms with E-state index >= 15 is 0 Å². The summed E-state index contributed by atoms with van der Waals surface area (Å²) in [5, 5.41) is 0. The predicted molar refractivity (Wildman–Crippen MR) is 57.1 cm³/mol. The van der Waals surface area contributed by atoms with Crippen LogP contribution in [-0.2, 0) is 11.2 Å². The normalized spacial score (nSPS) is 20.4. The smallest absolute Gasteiger partial charge is 0.0850 e. The van der Waals surface area contributed by atoms with Crippen LogP contribution in [0.2, 0.25) is 0 Å². The lowest BCUT2D eigenvalue weighted by Crippen LogP contribution is -1.95. The number of halogens is 1. The first-order valence-electron chi connectivity index (χ1n) is 4.54. The molecule has 0 amide bonds. The summed E-state index contributed by atoms with van der Waals surface area (Å²) < 4.78 is 6.44. The van der Waals surface area contributed by atoms with Gasteiger partial charge < -0.3 is 4.74 Å². The van der Waals surface area contributed by atoms with Gasteiger partial charge in [-0.05, 0) is 30.5 Å². The van der Waals surface area contributed by atoms with Gasteiger partial charge in [0.05, 0.1) is 12.7 Å². The van der Waals surface area contributed by atoms with Crippen molar-refractivity contribution in [3.8, 4) is 0 Å². The van der Waals surface area contributed by atoms with Crippen LogP contribution in [0.15, 0.2) is 16.6 Å². The Kier molecular flexibility index (Phi) is 2.43. The number of benzene rings is 1. The van der Waals surface area contributed by atoms with Gasteiger partial charge >= 0.3 is 0 Å². The fraction of sp³-hybridized carbons (Fsp3) is 0.455. The monoisotopic (exact) mass is 240 g/mol. The molecule has 70 valence electrons. The maximum atomic E-state index is 5.21. The second-order valence-corrected chi connectivity index (χ2v) is 4.50. The number of ether oxygens (including phenoxy) is 1. The molecule has 1 saturated heterocycles. The van der Waals surface area contributed by atoms with Crippen molar-refractivity contribution in [1.29, 1.82) is 0 Å². The highest BCUT2D eigenvalue weighted by Gasteiger charge is 2.22. The molecule has 0 aromatic heterocycles. The highest BCUT2D eigenvalue weighted by Crippen LogP contribution is 2.25. The molecule has 2 heteroatoms. The topological polar surface area (TPSA) is 12.5 Å². The molecule has 1 unspecified atom stereocenters. The van der Waals surface area contributed by atoms with Crippen LogP contribution in [-0.4, -0.2) is 12.7 Å². The van der Waals surface area contributed by atoms with Crippen molar-refractivity contribution in [1.82, 2.24) is 0 Å². The molecule has 1 aromatic carbocycles. The minimum absolute atomic E-state index is 0.486. The minimum atomic E-state index is 0.486. The number of epoxide rings is 1.